The third-order valence-corrected chi connectivity index (χ3v) is 3.73. The van der Waals surface area contributed by atoms with Crippen LogP contribution in [0.3, 0.4) is 0 Å². The van der Waals surface area contributed by atoms with E-state index in [1.165, 1.54) is 24.3 Å². The van der Waals surface area contributed by atoms with Crippen molar-refractivity contribution in [2.45, 2.75) is 19.3 Å². The number of aromatic nitrogens is 1. The molecule has 0 fully saturated rings. The molecule has 1 N–H and O–H groups in total. The summed E-state index contributed by atoms with van der Waals surface area (Å²) in [4.78, 5) is 27.8. The molecule has 108 valence electrons. The predicted molar refractivity (Wildman–Crippen MR) is 78.5 cm³/mol. The van der Waals surface area contributed by atoms with E-state index in [2.05, 4.69) is 4.98 Å². The van der Waals surface area contributed by atoms with Crippen LogP contribution in [0.1, 0.15) is 28.9 Å². The van der Waals surface area contributed by atoms with Crippen molar-refractivity contribution in [2.75, 3.05) is 11.4 Å². The van der Waals surface area contributed by atoms with Crippen LogP contribution in [0.4, 0.5) is 11.4 Å². The summed E-state index contributed by atoms with van der Waals surface area (Å²) in [5.41, 5.74) is 2.44. The SMILES string of the molecule is O=C(c1ccc([N+](=O)[O-])cc1)N1CCCCc2[nH]ccc21. The number of nitrogens with one attached hydrogen (secondary N) is 1. The Bertz CT molecular complexity index is 676. The molecule has 1 aliphatic heterocycles. The molecule has 1 aliphatic rings. The topological polar surface area (TPSA) is 79.2 Å². The van der Waals surface area contributed by atoms with E-state index in [1.54, 1.807) is 4.90 Å². The zero-order chi connectivity index (χ0) is 14.8. The van der Waals surface area contributed by atoms with E-state index in [1.807, 2.05) is 12.3 Å². The Kier molecular flexibility index (Phi) is 3.43. The summed E-state index contributed by atoms with van der Waals surface area (Å²) >= 11 is 0. The summed E-state index contributed by atoms with van der Waals surface area (Å²) in [6.07, 6.45) is 4.76. The van der Waals surface area contributed by atoms with E-state index < -0.39 is 4.92 Å². The number of nitro groups is 1. The van der Waals surface area contributed by atoms with E-state index in [0.717, 1.165) is 30.6 Å². The highest BCUT2D eigenvalue weighted by atomic mass is 16.6. The van der Waals surface area contributed by atoms with Gasteiger partial charge >= 0.3 is 0 Å². The van der Waals surface area contributed by atoms with Gasteiger partial charge in [0.15, 0.2) is 0 Å². The molecule has 0 saturated carbocycles. The second-order valence-electron chi connectivity index (χ2n) is 5.06. The number of aromatic amines is 1. The summed E-state index contributed by atoms with van der Waals surface area (Å²) in [5, 5.41) is 10.7. The number of hydrogen-bond donors (Lipinski definition) is 1. The van der Waals surface area contributed by atoms with Crippen LogP contribution in [-0.4, -0.2) is 22.4 Å². The van der Waals surface area contributed by atoms with Crippen molar-refractivity contribution in [1.82, 2.24) is 4.98 Å². The number of H-pyrrole nitrogens is 1. The van der Waals surface area contributed by atoms with Crippen LogP contribution in [0.25, 0.3) is 0 Å². The monoisotopic (exact) mass is 285 g/mol. The fraction of sp³-hybridized carbons (Fsp3) is 0.267. The quantitative estimate of drug-likeness (QED) is 0.680. The number of non-ortho nitro benzene ring substituents is 1. The van der Waals surface area contributed by atoms with Crippen molar-refractivity contribution < 1.29 is 9.72 Å². The molecule has 0 unspecified atom stereocenters. The fourth-order valence-corrected chi connectivity index (χ4v) is 2.63. The van der Waals surface area contributed by atoms with E-state index in [9.17, 15) is 14.9 Å². The summed E-state index contributed by atoms with van der Waals surface area (Å²) in [7, 11) is 0. The molecule has 1 aromatic carbocycles. The first-order valence-electron chi connectivity index (χ1n) is 6.89. The smallest absolute Gasteiger partial charge is 0.269 e. The maximum atomic E-state index is 12.6. The van der Waals surface area contributed by atoms with Crippen molar-refractivity contribution in [3.63, 3.8) is 0 Å². The van der Waals surface area contributed by atoms with Crippen molar-refractivity contribution >= 4 is 17.3 Å². The van der Waals surface area contributed by atoms with Crippen molar-refractivity contribution in [3.8, 4) is 0 Å². The standard InChI is InChI=1S/C15H15N3O3/c19-15(11-4-6-12(7-5-11)18(20)21)17-10-2-1-3-13-14(17)8-9-16-13/h4-9,16H,1-3,10H2. The number of carbonyl (C=O) groups excluding carboxylic acids is 1. The Morgan fingerprint density at radius 1 is 1.19 bits per heavy atom. The Labute approximate surface area is 121 Å². The number of aryl methyl sites for hydroxylation is 1. The molecule has 0 radical (unpaired) electrons. The zero-order valence-corrected chi connectivity index (χ0v) is 11.4. The second-order valence-corrected chi connectivity index (χ2v) is 5.06. The van der Waals surface area contributed by atoms with Crippen molar-refractivity contribution in [3.05, 3.63) is 57.9 Å². The minimum absolute atomic E-state index is 0.00949. The van der Waals surface area contributed by atoms with Crippen LogP contribution < -0.4 is 4.90 Å². The number of benzene rings is 1. The van der Waals surface area contributed by atoms with Crippen molar-refractivity contribution in [1.29, 1.82) is 0 Å². The van der Waals surface area contributed by atoms with Crippen LogP contribution in [0.5, 0.6) is 0 Å². The van der Waals surface area contributed by atoms with Gasteiger partial charge in [-0.05, 0) is 37.5 Å². The van der Waals surface area contributed by atoms with Gasteiger partial charge in [-0.1, -0.05) is 0 Å². The van der Waals surface area contributed by atoms with E-state index in [-0.39, 0.29) is 11.6 Å². The van der Waals surface area contributed by atoms with Crippen LogP contribution >= 0.6 is 0 Å². The molecule has 0 saturated heterocycles. The number of carbonyl (C=O) groups is 1. The number of nitro benzene ring substituents is 1. The lowest BCUT2D eigenvalue weighted by Crippen LogP contribution is -2.31. The number of rotatable bonds is 2. The van der Waals surface area contributed by atoms with Gasteiger partial charge in [0.25, 0.3) is 11.6 Å². The van der Waals surface area contributed by atoms with Crippen LogP contribution in [-0.2, 0) is 6.42 Å². The Morgan fingerprint density at radius 3 is 2.67 bits per heavy atom. The third kappa shape index (κ3) is 2.52. The summed E-state index contributed by atoms with van der Waals surface area (Å²) < 4.78 is 0. The molecule has 6 nitrogen and oxygen atoms in total. The summed E-state index contributed by atoms with van der Waals surface area (Å²) in [6.45, 7) is 0.667. The number of anilines is 1. The molecule has 0 aliphatic carbocycles. The van der Waals surface area contributed by atoms with Gasteiger partial charge in [-0.15, -0.1) is 0 Å². The molecule has 21 heavy (non-hydrogen) atoms. The van der Waals surface area contributed by atoms with Crippen LogP contribution in [0, 0.1) is 10.1 Å². The van der Waals surface area contributed by atoms with Crippen molar-refractivity contribution in [2.24, 2.45) is 0 Å². The molecule has 6 heteroatoms. The molecule has 1 aromatic heterocycles. The molecular formula is C15H15N3O3. The maximum Gasteiger partial charge on any atom is 0.269 e. The lowest BCUT2D eigenvalue weighted by molar-refractivity contribution is -0.384. The lowest BCUT2D eigenvalue weighted by Gasteiger charge is -2.20. The van der Waals surface area contributed by atoms with E-state index in [4.69, 9.17) is 0 Å². The van der Waals surface area contributed by atoms with Gasteiger partial charge in [-0.25, -0.2) is 0 Å². The Balaban J connectivity index is 1.90. The minimum atomic E-state index is -0.468. The highest BCUT2D eigenvalue weighted by Crippen LogP contribution is 2.27. The number of fused-ring (bicyclic) bond motifs is 1. The molecule has 2 heterocycles. The average molecular weight is 285 g/mol. The maximum absolute atomic E-state index is 12.6. The predicted octanol–water partition coefficient (Wildman–Crippen LogP) is 2.91. The van der Waals surface area contributed by atoms with Crippen LogP contribution in [0.2, 0.25) is 0 Å². The minimum Gasteiger partial charge on any atom is -0.363 e. The highest BCUT2D eigenvalue weighted by Gasteiger charge is 2.23. The van der Waals surface area contributed by atoms with Crippen LogP contribution in [0.15, 0.2) is 36.5 Å². The first-order chi connectivity index (χ1) is 10.2. The van der Waals surface area contributed by atoms with E-state index >= 15 is 0 Å². The number of amides is 1. The van der Waals surface area contributed by atoms with Gasteiger partial charge < -0.3 is 9.88 Å². The van der Waals surface area contributed by atoms with Gasteiger partial charge in [-0.2, -0.15) is 0 Å². The third-order valence-electron chi connectivity index (χ3n) is 3.73. The van der Waals surface area contributed by atoms with Gasteiger partial charge in [0, 0.05) is 36.1 Å². The summed E-state index contributed by atoms with van der Waals surface area (Å²) in [5.74, 6) is -0.118. The molecule has 3 rings (SSSR count). The molecular weight excluding hydrogens is 270 g/mol. The largest absolute Gasteiger partial charge is 0.363 e. The second kappa shape index (κ2) is 5.40. The number of hydrogen-bond acceptors (Lipinski definition) is 3. The highest BCUT2D eigenvalue weighted by molar-refractivity contribution is 6.06. The molecule has 0 bridgehead atoms. The molecule has 1 amide bonds. The Morgan fingerprint density at radius 2 is 1.95 bits per heavy atom. The lowest BCUT2D eigenvalue weighted by atomic mass is 10.1. The van der Waals surface area contributed by atoms with Gasteiger partial charge in [0.2, 0.25) is 0 Å². The normalized spacial score (nSPS) is 14.4. The summed E-state index contributed by atoms with van der Waals surface area (Å²) in [6, 6.07) is 7.66. The first kappa shape index (κ1) is 13.4. The molecule has 2 aromatic rings. The first-order valence-corrected chi connectivity index (χ1v) is 6.89. The van der Waals surface area contributed by atoms with Gasteiger partial charge in [-0.3, -0.25) is 14.9 Å². The molecule has 0 spiro atoms. The van der Waals surface area contributed by atoms with E-state index in [0.29, 0.717) is 12.1 Å². The molecule has 0 atom stereocenters. The fourth-order valence-electron chi connectivity index (χ4n) is 2.63. The zero-order valence-electron chi connectivity index (χ0n) is 11.4. The Hall–Kier alpha value is -2.63. The van der Waals surface area contributed by atoms with Gasteiger partial charge in [0.05, 0.1) is 10.6 Å². The average Bonchev–Trinajstić information content (AvgIpc) is 2.86. The number of nitrogens with zero attached hydrogens (tertiary/aromatic N) is 2. The van der Waals surface area contributed by atoms with Gasteiger partial charge in [0.1, 0.15) is 0 Å².